The van der Waals surface area contributed by atoms with Crippen molar-refractivity contribution in [3.63, 3.8) is 0 Å². The van der Waals surface area contributed by atoms with E-state index >= 15 is 0 Å². The van der Waals surface area contributed by atoms with E-state index in [0.717, 1.165) is 19.0 Å². The van der Waals surface area contributed by atoms with Crippen molar-refractivity contribution in [2.24, 2.45) is 0 Å². The van der Waals surface area contributed by atoms with Crippen LogP contribution in [0.25, 0.3) is 0 Å². The quantitative estimate of drug-likeness (QED) is 0.115. The van der Waals surface area contributed by atoms with Crippen LogP contribution in [-0.2, 0) is 12.4 Å². The normalized spacial score (nSPS) is 12.5. The second kappa shape index (κ2) is 18.8. The molecular formula is C35H42F6N6O4. The molecule has 4 aromatic rings. The molecule has 10 nitrogen and oxygen atoms in total. The third kappa shape index (κ3) is 13.0. The van der Waals surface area contributed by atoms with E-state index in [1.807, 2.05) is 27.7 Å². The van der Waals surface area contributed by atoms with Crippen molar-refractivity contribution in [3.8, 4) is 23.3 Å². The lowest BCUT2D eigenvalue weighted by molar-refractivity contribution is -0.140. The molecule has 0 radical (unpaired) electrons. The third-order valence-electron chi connectivity index (χ3n) is 6.89. The van der Waals surface area contributed by atoms with Gasteiger partial charge in [-0.2, -0.15) is 36.3 Å². The Kier molecular flexibility index (Phi) is 14.9. The molecule has 51 heavy (non-hydrogen) atoms. The summed E-state index contributed by atoms with van der Waals surface area (Å²) in [6.07, 6.45) is -5.16. The summed E-state index contributed by atoms with van der Waals surface area (Å²) >= 11 is 0. The summed E-state index contributed by atoms with van der Waals surface area (Å²) in [6, 6.07) is 14.0. The molecule has 2 aromatic carbocycles. The number of rotatable bonds is 15. The van der Waals surface area contributed by atoms with Gasteiger partial charge in [-0.25, -0.2) is 9.97 Å². The molecule has 0 spiro atoms. The van der Waals surface area contributed by atoms with Gasteiger partial charge in [0.15, 0.2) is 0 Å². The fraction of sp³-hybridized carbons (Fsp3) is 0.429. The van der Waals surface area contributed by atoms with Gasteiger partial charge in [0.25, 0.3) is 0 Å². The van der Waals surface area contributed by atoms with Crippen molar-refractivity contribution in [2.75, 3.05) is 23.8 Å². The average Bonchev–Trinajstić information content (AvgIpc) is 3.08. The van der Waals surface area contributed by atoms with Gasteiger partial charge in [0, 0.05) is 23.8 Å². The first-order chi connectivity index (χ1) is 24.2. The molecule has 2 atom stereocenters. The highest BCUT2D eigenvalue weighted by atomic mass is 19.4. The summed E-state index contributed by atoms with van der Waals surface area (Å²) in [5.41, 5.74) is -0.743. The molecule has 4 rings (SSSR count). The molecule has 2 aromatic heterocycles. The first kappa shape index (κ1) is 40.4. The van der Waals surface area contributed by atoms with Gasteiger partial charge < -0.3 is 29.6 Å². The second-order valence-corrected chi connectivity index (χ2v) is 11.1. The third-order valence-corrected chi connectivity index (χ3v) is 6.89. The van der Waals surface area contributed by atoms with Crippen LogP contribution < -0.4 is 29.6 Å². The number of aromatic nitrogens is 4. The van der Waals surface area contributed by atoms with Gasteiger partial charge in [-0.15, -0.1) is 0 Å². The number of ether oxygens (including phenoxy) is 4. The standard InChI is InChI=1S/C18H22F3N3O2.C17H20F3N3O2/c1-4-10-25-16-15(18(19,20)21)11-22-17(24-16)23-13-6-8-14(9-7-13)26-12(3)5-2;1-4-11(3)25-13-8-6-12(7-9-13)22-16-21-10-14(17(18,19)20)15(23-16)24-5-2/h6-9,11-12H,4-5,10H2,1-3H3,(H,22,23,24);6-11H,4-5H2,1-3H3,(H,21,22,23). The maximum absolute atomic E-state index is 13.0. The first-order valence-corrected chi connectivity index (χ1v) is 16.4. The summed E-state index contributed by atoms with van der Waals surface area (Å²) < 4.78 is 99.3. The van der Waals surface area contributed by atoms with Crippen LogP contribution in [0, 0.1) is 0 Å². The minimum absolute atomic E-state index is 0.0204. The molecular weight excluding hydrogens is 682 g/mol. The second-order valence-electron chi connectivity index (χ2n) is 11.1. The van der Waals surface area contributed by atoms with Crippen molar-refractivity contribution < 1.29 is 45.3 Å². The van der Waals surface area contributed by atoms with E-state index in [9.17, 15) is 26.3 Å². The summed E-state index contributed by atoms with van der Waals surface area (Å²) in [5.74, 6) is 0.498. The van der Waals surface area contributed by atoms with Gasteiger partial charge in [0.2, 0.25) is 23.7 Å². The number of alkyl halides is 6. The molecule has 0 bridgehead atoms. The highest BCUT2D eigenvalue weighted by Crippen LogP contribution is 2.36. The van der Waals surface area contributed by atoms with Crippen LogP contribution in [0.4, 0.5) is 49.6 Å². The molecule has 0 aliphatic carbocycles. The highest BCUT2D eigenvalue weighted by molar-refractivity contribution is 5.56. The van der Waals surface area contributed by atoms with Crippen LogP contribution in [0.15, 0.2) is 60.9 Å². The van der Waals surface area contributed by atoms with Gasteiger partial charge in [0.1, 0.15) is 22.6 Å². The van der Waals surface area contributed by atoms with Crippen LogP contribution >= 0.6 is 0 Å². The van der Waals surface area contributed by atoms with Crippen molar-refractivity contribution >= 4 is 23.3 Å². The number of anilines is 4. The zero-order valence-corrected chi connectivity index (χ0v) is 29.2. The fourth-order valence-corrected chi connectivity index (χ4v) is 3.92. The van der Waals surface area contributed by atoms with E-state index in [-0.39, 0.29) is 37.3 Å². The number of hydrogen-bond acceptors (Lipinski definition) is 10. The molecule has 2 heterocycles. The fourth-order valence-electron chi connectivity index (χ4n) is 3.92. The van der Waals surface area contributed by atoms with Gasteiger partial charge in [-0.1, -0.05) is 20.8 Å². The topological polar surface area (TPSA) is 113 Å². The lowest BCUT2D eigenvalue weighted by Crippen LogP contribution is -2.12. The molecule has 2 unspecified atom stereocenters. The maximum Gasteiger partial charge on any atom is 0.423 e. The van der Waals surface area contributed by atoms with E-state index < -0.39 is 35.2 Å². The molecule has 2 N–H and O–H groups in total. The van der Waals surface area contributed by atoms with E-state index in [1.54, 1.807) is 62.4 Å². The van der Waals surface area contributed by atoms with E-state index in [4.69, 9.17) is 18.9 Å². The number of nitrogens with zero attached hydrogens (tertiary/aromatic N) is 4. The van der Waals surface area contributed by atoms with E-state index in [1.165, 1.54) is 0 Å². The minimum Gasteiger partial charge on any atom is -0.491 e. The van der Waals surface area contributed by atoms with E-state index in [0.29, 0.717) is 35.5 Å². The Bertz CT molecular complexity index is 1640. The van der Waals surface area contributed by atoms with Crippen molar-refractivity contribution in [3.05, 3.63) is 72.1 Å². The Morgan fingerprint density at radius 3 is 1.33 bits per heavy atom. The molecule has 0 saturated carbocycles. The average molecular weight is 725 g/mol. The molecule has 278 valence electrons. The van der Waals surface area contributed by atoms with E-state index in [2.05, 4.69) is 30.6 Å². The monoisotopic (exact) mass is 724 g/mol. The van der Waals surface area contributed by atoms with Gasteiger partial charge >= 0.3 is 12.4 Å². The maximum atomic E-state index is 13.0. The molecule has 0 aliphatic heterocycles. The van der Waals surface area contributed by atoms with Crippen LogP contribution in [0.1, 0.15) is 71.9 Å². The molecule has 16 heteroatoms. The SMILES string of the molecule is CCCOc1nc(Nc2ccc(OC(C)CC)cc2)ncc1C(F)(F)F.CCOc1nc(Nc2ccc(OC(C)CC)cc2)ncc1C(F)(F)F. The zero-order chi connectivity index (χ0) is 37.6. The number of benzene rings is 2. The molecule has 0 fully saturated rings. The Labute approximate surface area is 293 Å². The first-order valence-electron chi connectivity index (χ1n) is 16.4. The van der Waals surface area contributed by atoms with Gasteiger partial charge in [-0.05, 0) is 88.6 Å². The zero-order valence-electron chi connectivity index (χ0n) is 29.2. The number of nitrogens with one attached hydrogen (secondary N) is 2. The van der Waals surface area contributed by atoms with Crippen LogP contribution in [0.5, 0.6) is 23.3 Å². The summed E-state index contributed by atoms with van der Waals surface area (Å²) in [5, 5.41) is 5.72. The summed E-state index contributed by atoms with van der Waals surface area (Å²) in [6.45, 7) is 11.6. The predicted molar refractivity (Wildman–Crippen MR) is 181 cm³/mol. The van der Waals surface area contributed by atoms with Crippen LogP contribution in [0.3, 0.4) is 0 Å². The molecule has 0 aliphatic rings. The lowest BCUT2D eigenvalue weighted by Gasteiger charge is -2.14. The minimum atomic E-state index is -4.57. The predicted octanol–water partition coefficient (Wildman–Crippen LogP) is 10.0. The number of hydrogen-bond donors (Lipinski definition) is 2. The van der Waals surface area contributed by atoms with Crippen molar-refractivity contribution in [1.29, 1.82) is 0 Å². The van der Waals surface area contributed by atoms with Gasteiger partial charge in [0.05, 0.1) is 25.4 Å². The Morgan fingerprint density at radius 1 is 0.608 bits per heavy atom. The Balaban J connectivity index is 0.000000276. The Morgan fingerprint density at radius 2 is 1.00 bits per heavy atom. The lowest BCUT2D eigenvalue weighted by atomic mass is 10.3. The number of halogens is 6. The van der Waals surface area contributed by atoms with Gasteiger partial charge in [-0.3, -0.25) is 0 Å². The molecule has 0 amide bonds. The van der Waals surface area contributed by atoms with Crippen LogP contribution in [-0.4, -0.2) is 45.4 Å². The van der Waals surface area contributed by atoms with Crippen molar-refractivity contribution in [1.82, 2.24) is 19.9 Å². The highest BCUT2D eigenvalue weighted by Gasteiger charge is 2.37. The molecule has 0 saturated heterocycles. The Hall–Kier alpha value is -5.02. The van der Waals surface area contributed by atoms with Crippen molar-refractivity contribution in [2.45, 2.75) is 85.4 Å². The smallest absolute Gasteiger partial charge is 0.423 e. The largest absolute Gasteiger partial charge is 0.491 e. The summed E-state index contributed by atoms with van der Waals surface area (Å²) in [4.78, 5) is 15.1. The summed E-state index contributed by atoms with van der Waals surface area (Å²) in [7, 11) is 0. The van der Waals surface area contributed by atoms with Crippen LogP contribution in [0.2, 0.25) is 0 Å².